The Morgan fingerprint density at radius 3 is 2.41 bits per heavy atom. The van der Waals surface area contributed by atoms with E-state index < -0.39 is 10.0 Å². The summed E-state index contributed by atoms with van der Waals surface area (Å²) in [4.78, 5) is 0.169. The third-order valence-electron chi connectivity index (χ3n) is 3.95. The first-order valence-electron chi connectivity index (χ1n) is 8.37. The minimum absolute atomic E-state index is 0.0729. The Balaban J connectivity index is 1.84. The van der Waals surface area contributed by atoms with Gasteiger partial charge in [0.25, 0.3) is 0 Å². The molecule has 0 N–H and O–H groups in total. The average Bonchev–Trinajstić information content (AvgIpc) is 3.11. The van der Waals surface area contributed by atoms with Gasteiger partial charge in [-0.2, -0.15) is 4.31 Å². The van der Waals surface area contributed by atoms with E-state index in [9.17, 15) is 12.8 Å². The Hall–Kier alpha value is -2.22. The van der Waals surface area contributed by atoms with Crippen LogP contribution in [0.25, 0.3) is 11.3 Å². The van der Waals surface area contributed by atoms with E-state index in [0.717, 1.165) is 0 Å². The van der Waals surface area contributed by atoms with Crippen molar-refractivity contribution in [2.75, 3.05) is 6.54 Å². The van der Waals surface area contributed by atoms with Crippen LogP contribution in [0.15, 0.2) is 64.0 Å². The Labute approximate surface area is 162 Å². The Morgan fingerprint density at radius 1 is 1.11 bits per heavy atom. The van der Waals surface area contributed by atoms with Crippen molar-refractivity contribution in [1.82, 2.24) is 9.46 Å². The lowest BCUT2D eigenvalue weighted by atomic mass is 10.1. The standard InChI is InChI=1S/C19H18ClFN2O3S/c1-2-11-23(27(24,25)18-9-5-15(20)6-10-18)13-17-12-19(26-22-17)14-3-7-16(21)8-4-14/h3-10,12H,2,11,13H2,1H3. The summed E-state index contributed by atoms with van der Waals surface area (Å²) in [5.41, 5.74) is 1.14. The van der Waals surface area contributed by atoms with Gasteiger partial charge < -0.3 is 4.52 Å². The van der Waals surface area contributed by atoms with Gasteiger partial charge in [0, 0.05) is 23.2 Å². The van der Waals surface area contributed by atoms with Crippen molar-refractivity contribution in [3.8, 4) is 11.3 Å². The molecule has 2 aromatic carbocycles. The highest BCUT2D eigenvalue weighted by Gasteiger charge is 2.25. The predicted molar refractivity (Wildman–Crippen MR) is 101 cm³/mol. The molecule has 5 nitrogen and oxygen atoms in total. The molecule has 0 spiro atoms. The predicted octanol–water partition coefficient (Wildman–Crippen LogP) is 4.74. The number of aromatic nitrogens is 1. The van der Waals surface area contributed by atoms with Crippen LogP contribution in [0.4, 0.5) is 4.39 Å². The van der Waals surface area contributed by atoms with Crippen molar-refractivity contribution in [3.05, 3.63) is 71.1 Å². The molecule has 0 aliphatic heterocycles. The number of benzene rings is 2. The Morgan fingerprint density at radius 2 is 1.78 bits per heavy atom. The van der Waals surface area contributed by atoms with Crippen molar-refractivity contribution in [2.45, 2.75) is 24.8 Å². The summed E-state index contributed by atoms with van der Waals surface area (Å²) in [6.45, 7) is 2.31. The maximum Gasteiger partial charge on any atom is 0.243 e. The van der Waals surface area contributed by atoms with Crippen LogP contribution in [0.2, 0.25) is 5.02 Å². The molecular weight excluding hydrogens is 391 g/mol. The zero-order chi connectivity index (χ0) is 19.4. The molecular formula is C19H18ClFN2O3S. The second kappa shape index (κ2) is 8.21. The summed E-state index contributed by atoms with van der Waals surface area (Å²) < 4.78 is 45.6. The quantitative estimate of drug-likeness (QED) is 0.566. The molecule has 0 aliphatic rings. The molecule has 0 unspecified atom stereocenters. The molecule has 3 rings (SSSR count). The number of hydrogen-bond donors (Lipinski definition) is 0. The fourth-order valence-corrected chi connectivity index (χ4v) is 4.24. The van der Waals surface area contributed by atoms with Gasteiger partial charge in [0.15, 0.2) is 5.76 Å². The maximum atomic E-state index is 13.1. The summed E-state index contributed by atoms with van der Waals surface area (Å²) in [5.74, 6) is 0.104. The van der Waals surface area contributed by atoms with E-state index >= 15 is 0 Å². The molecule has 0 saturated carbocycles. The molecule has 8 heteroatoms. The van der Waals surface area contributed by atoms with Gasteiger partial charge >= 0.3 is 0 Å². The Bertz CT molecular complexity index is 1000. The molecule has 1 aromatic heterocycles. The average molecular weight is 409 g/mol. The van der Waals surface area contributed by atoms with E-state index in [1.165, 1.54) is 28.6 Å². The van der Waals surface area contributed by atoms with Crippen molar-refractivity contribution < 1.29 is 17.3 Å². The highest BCUT2D eigenvalue weighted by atomic mass is 35.5. The monoisotopic (exact) mass is 408 g/mol. The molecule has 27 heavy (non-hydrogen) atoms. The van der Waals surface area contributed by atoms with Gasteiger partial charge in [-0.25, -0.2) is 12.8 Å². The summed E-state index contributed by atoms with van der Waals surface area (Å²) in [7, 11) is -3.70. The highest BCUT2D eigenvalue weighted by molar-refractivity contribution is 7.89. The van der Waals surface area contributed by atoms with Gasteiger partial charge in [-0.15, -0.1) is 0 Å². The molecule has 0 saturated heterocycles. The van der Waals surface area contributed by atoms with E-state index in [2.05, 4.69) is 5.16 Å². The second-order valence-electron chi connectivity index (χ2n) is 5.98. The molecule has 0 bridgehead atoms. The van der Waals surface area contributed by atoms with Crippen LogP contribution in [-0.4, -0.2) is 24.4 Å². The fourth-order valence-electron chi connectivity index (χ4n) is 2.61. The van der Waals surface area contributed by atoms with Crippen LogP contribution in [0, 0.1) is 5.82 Å². The van der Waals surface area contributed by atoms with Crippen LogP contribution in [-0.2, 0) is 16.6 Å². The molecule has 0 amide bonds. The van der Waals surface area contributed by atoms with Gasteiger partial charge in [-0.3, -0.25) is 0 Å². The zero-order valence-corrected chi connectivity index (χ0v) is 16.2. The first kappa shape index (κ1) is 19.5. The van der Waals surface area contributed by atoms with E-state index in [4.69, 9.17) is 16.1 Å². The topological polar surface area (TPSA) is 63.4 Å². The van der Waals surface area contributed by atoms with Gasteiger partial charge in [0.2, 0.25) is 10.0 Å². The normalized spacial score (nSPS) is 11.9. The van der Waals surface area contributed by atoms with Crippen molar-refractivity contribution in [2.24, 2.45) is 0 Å². The van der Waals surface area contributed by atoms with Crippen molar-refractivity contribution >= 4 is 21.6 Å². The first-order chi connectivity index (χ1) is 12.9. The minimum atomic E-state index is -3.70. The summed E-state index contributed by atoms with van der Waals surface area (Å²) in [6, 6.07) is 13.5. The highest BCUT2D eigenvalue weighted by Crippen LogP contribution is 2.24. The number of rotatable bonds is 7. The summed E-state index contributed by atoms with van der Waals surface area (Å²) >= 11 is 5.85. The molecule has 0 aliphatic carbocycles. The lowest BCUT2D eigenvalue weighted by Gasteiger charge is -2.20. The van der Waals surface area contributed by atoms with Crippen LogP contribution in [0.3, 0.4) is 0 Å². The molecule has 0 fully saturated rings. The van der Waals surface area contributed by atoms with Crippen LogP contribution >= 0.6 is 11.6 Å². The first-order valence-corrected chi connectivity index (χ1v) is 10.2. The van der Waals surface area contributed by atoms with E-state index in [0.29, 0.717) is 35.0 Å². The second-order valence-corrected chi connectivity index (χ2v) is 8.36. The maximum absolute atomic E-state index is 13.1. The smallest absolute Gasteiger partial charge is 0.243 e. The summed E-state index contributed by atoms with van der Waals surface area (Å²) in [6.07, 6.45) is 0.648. The molecule has 142 valence electrons. The van der Waals surface area contributed by atoms with Crippen molar-refractivity contribution in [1.29, 1.82) is 0 Å². The molecule has 3 aromatic rings. The lowest BCUT2D eigenvalue weighted by Crippen LogP contribution is -2.31. The third kappa shape index (κ3) is 4.55. The van der Waals surface area contributed by atoms with Gasteiger partial charge in [-0.1, -0.05) is 23.7 Å². The zero-order valence-electron chi connectivity index (χ0n) is 14.6. The van der Waals surface area contributed by atoms with Crippen LogP contribution in [0.1, 0.15) is 19.0 Å². The van der Waals surface area contributed by atoms with Gasteiger partial charge in [0.05, 0.1) is 17.1 Å². The van der Waals surface area contributed by atoms with Crippen LogP contribution < -0.4 is 0 Å². The van der Waals surface area contributed by atoms with E-state index in [1.807, 2.05) is 6.92 Å². The van der Waals surface area contributed by atoms with Crippen molar-refractivity contribution in [3.63, 3.8) is 0 Å². The molecule has 0 atom stereocenters. The number of sulfonamides is 1. The largest absolute Gasteiger partial charge is 0.356 e. The SMILES string of the molecule is CCCN(Cc1cc(-c2ccc(F)cc2)on1)S(=O)(=O)c1ccc(Cl)cc1. The van der Waals surface area contributed by atoms with Crippen LogP contribution in [0.5, 0.6) is 0 Å². The number of hydrogen-bond acceptors (Lipinski definition) is 4. The third-order valence-corrected chi connectivity index (χ3v) is 6.06. The minimum Gasteiger partial charge on any atom is -0.356 e. The van der Waals surface area contributed by atoms with E-state index in [-0.39, 0.29) is 17.3 Å². The number of nitrogens with zero attached hydrogens (tertiary/aromatic N) is 2. The fraction of sp³-hybridized carbons (Fsp3) is 0.211. The Kier molecular flexibility index (Phi) is 5.94. The molecule has 0 radical (unpaired) electrons. The number of halogens is 2. The van der Waals surface area contributed by atoms with Gasteiger partial charge in [-0.05, 0) is 55.0 Å². The van der Waals surface area contributed by atoms with E-state index in [1.54, 1.807) is 30.3 Å². The van der Waals surface area contributed by atoms with Gasteiger partial charge in [0.1, 0.15) is 5.82 Å². The lowest BCUT2D eigenvalue weighted by molar-refractivity contribution is 0.375. The molecule has 1 heterocycles. The summed E-state index contributed by atoms with van der Waals surface area (Å²) in [5, 5.41) is 4.43.